The molecule has 1 aromatic heterocycles. The smallest absolute Gasteiger partial charge is 0.335 e. The molecule has 13 heteroatoms. The summed E-state index contributed by atoms with van der Waals surface area (Å²) in [5, 5.41) is 4.50. The lowest BCUT2D eigenvalue weighted by atomic mass is 10.3. The number of aryl methyl sites for hydroxylation is 1. The summed E-state index contributed by atoms with van der Waals surface area (Å²) in [4.78, 5) is 31.6. The number of benzene rings is 1. The molecule has 3 N–H and O–H groups in total. The van der Waals surface area contributed by atoms with E-state index in [1.165, 1.54) is 31.4 Å². The zero-order valence-electron chi connectivity index (χ0n) is 16.0. The van der Waals surface area contributed by atoms with Crippen LogP contribution in [0.3, 0.4) is 0 Å². The number of rotatable bonds is 8. The Bertz CT molecular complexity index is 1050. The molecule has 0 radical (unpaired) electrons. The molecule has 30 heavy (non-hydrogen) atoms. The fourth-order valence-corrected chi connectivity index (χ4v) is 4.06. The Kier molecular flexibility index (Phi) is 8.21. The third-order valence-corrected chi connectivity index (χ3v) is 5.67. The summed E-state index contributed by atoms with van der Waals surface area (Å²) in [5.74, 6) is -0.136. The Labute approximate surface area is 183 Å². The van der Waals surface area contributed by atoms with E-state index >= 15 is 0 Å². The predicted molar refractivity (Wildman–Crippen MR) is 113 cm³/mol. The molecule has 0 bridgehead atoms. The third kappa shape index (κ3) is 6.44. The van der Waals surface area contributed by atoms with E-state index in [2.05, 4.69) is 20.6 Å². The molecule has 0 unspecified atom stereocenters. The minimum absolute atomic E-state index is 0.0733. The maximum absolute atomic E-state index is 12.8. The van der Waals surface area contributed by atoms with Crippen LogP contribution in [0.5, 0.6) is 5.88 Å². The quantitative estimate of drug-likeness (QED) is 0.498. The lowest BCUT2D eigenvalue weighted by molar-refractivity contribution is -0.116. The van der Waals surface area contributed by atoms with Gasteiger partial charge in [-0.2, -0.15) is 4.98 Å². The average molecular weight is 476 g/mol. The summed E-state index contributed by atoms with van der Waals surface area (Å²) in [5.41, 5.74) is 0.420. The van der Waals surface area contributed by atoms with Crippen LogP contribution < -0.4 is 20.1 Å². The van der Waals surface area contributed by atoms with Crippen molar-refractivity contribution >= 4 is 56.8 Å². The number of hydrogen-bond donors (Lipinski definition) is 3. The molecule has 0 spiro atoms. The van der Waals surface area contributed by atoms with Crippen molar-refractivity contribution in [1.82, 2.24) is 14.7 Å². The summed E-state index contributed by atoms with van der Waals surface area (Å²) < 4.78 is 32.3. The summed E-state index contributed by atoms with van der Waals surface area (Å²) in [6, 6.07) is 4.54. The lowest BCUT2D eigenvalue weighted by Gasteiger charge is -2.14. The van der Waals surface area contributed by atoms with Crippen molar-refractivity contribution in [1.29, 1.82) is 0 Å². The Morgan fingerprint density at radius 2 is 1.93 bits per heavy atom. The Balaban J connectivity index is 2.23. The van der Waals surface area contributed by atoms with Gasteiger partial charge in [0.25, 0.3) is 10.0 Å². The summed E-state index contributed by atoms with van der Waals surface area (Å²) in [7, 11) is -3.07. The van der Waals surface area contributed by atoms with Crippen LogP contribution in [0.15, 0.2) is 29.2 Å². The molecular formula is C17H19Cl2N5O5S. The molecule has 1 aromatic carbocycles. The van der Waals surface area contributed by atoms with Crippen LogP contribution in [0.25, 0.3) is 0 Å². The summed E-state index contributed by atoms with van der Waals surface area (Å²) in [6.45, 7) is 1.65. The largest absolute Gasteiger partial charge is 0.481 e. The molecule has 0 aliphatic carbocycles. The fourth-order valence-electron chi connectivity index (χ4n) is 2.32. The highest BCUT2D eigenvalue weighted by Gasteiger charge is 2.26. The number of hydrogen-bond acceptors (Lipinski definition) is 7. The zero-order chi connectivity index (χ0) is 22.3. The molecular weight excluding hydrogens is 457 g/mol. The van der Waals surface area contributed by atoms with Crippen molar-refractivity contribution in [3.63, 3.8) is 0 Å². The van der Waals surface area contributed by atoms with Crippen molar-refractivity contribution in [2.24, 2.45) is 0 Å². The maximum Gasteiger partial charge on any atom is 0.335 e. The molecule has 2 aromatic rings. The van der Waals surface area contributed by atoms with E-state index in [1.54, 1.807) is 6.92 Å². The van der Waals surface area contributed by atoms with Gasteiger partial charge in [-0.3, -0.25) is 10.1 Å². The van der Waals surface area contributed by atoms with E-state index in [4.69, 9.17) is 27.9 Å². The van der Waals surface area contributed by atoms with Gasteiger partial charge in [0.2, 0.25) is 17.7 Å². The van der Waals surface area contributed by atoms with Gasteiger partial charge in [0.15, 0.2) is 0 Å². The summed E-state index contributed by atoms with van der Waals surface area (Å²) in [6.07, 6.45) is 0.507. The number of carbonyl (C=O) groups is 2. The van der Waals surface area contributed by atoms with Gasteiger partial charge < -0.3 is 10.1 Å². The third-order valence-electron chi connectivity index (χ3n) is 3.54. The number of sulfonamides is 1. The van der Waals surface area contributed by atoms with Crippen molar-refractivity contribution in [2.75, 3.05) is 23.6 Å². The molecule has 0 saturated carbocycles. The number of urea groups is 1. The second kappa shape index (κ2) is 10.4. The van der Waals surface area contributed by atoms with Crippen LogP contribution >= 0.6 is 23.2 Å². The SMILES string of the molecule is COc1cc(C)nc(NC(=O)NS(=O)(=O)c2c(Cl)cccc2NC(=O)CCCCl)n1. The predicted octanol–water partition coefficient (Wildman–Crippen LogP) is 2.91. The van der Waals surface area contributed by atoms with Crippen LogP contribution in [0, 0.1) is 6.92 Å². The molecule has 0 atom stereocenters. The van der Waals surface area contributed by atoms with E-state index < -0.39 is 26.9 Å². The average Bonchev–Trinajstić information content (AvgIpc) is 2.65. The van der Waals surface area contributed by atoms with E-state index in [0.717, 1.165) is 0 Å². The van der Waals surface area contributed by atoms with Gasteiger partial charge in [-0.1, -0.05) is 17.7 Å². The molecule has 0 fully saturated rings. The van der Waals surface area contributed by atoms with Crippen molar-refractivity contribution in [3.05, 3.63) is 35.0 Å². The van der Waals surface area contributed by atoms with E-state index in [-0.39, 0.29) is 34.8 Å². The number of halogens is 2. The van der Waals surface area contributed by atoms with Crippen molar-refractivity contribution in [2.45, 2.75) is 24.7 Å². The van der Waals surface area contributed by atoms with Crippen LogP contribution in [-0.4, -0.2) is 43.3 Å². The molecule has 3 amide bonds. The maximum atomic E-state index is 12.8. The summed E-state index contributed by atoms with van der Waals surface area (Å²) >= 11 is 11.6. The van der Waals surface area contributed by atoms with Gasteiger partial charge in [-0.05, 0) is 25.5 Å². The van der Waals surface area contributed by atoms with Gasteiger partial charge in [0.05, 0.1) is 17.8 Å². The first-order chi connectivity index (χ1) is 14.2. The zero-order valence-corrected chi connectivity index (χ0v) is 18.4. The monoisotopic (exact) mass is 475 g/mol. The number of carbonyl (C=O) groups excluding carboxylic acids is 2. The first-order valence-electron chi connectivity index (χ1n) is 8.54. The second-order valence-electron chi connectivity index (χ2n) is 5.89. The van der Waals surface area contributed by atoms with Crippen molar-refractivity contribution in [3.8, 4) is 5.88 Å². The van der Waals surface area contributed by atoms with Gasteiger partial charge >= 0.3 is 6.03 Å². The number of anilines is 2. The fraction of sp³-hybridized carbons (Fsp3) is 0.294. The lowest BCUT2D eigenvalue weighted by Crippen LogP contribution is -2.35. The highest BCUT2D eigenvalue weighted by Crippen LogP contribution is 2.29. The highest BCUT2D eigenvalue weighted by atomic mass is 35.5. The van der Waals surface area contributed by atoms with Gasteiger partial charge in [0.1, 0.15) is 4.90 Å². The highest BCUT2D eigenvalue weighted by molar-refractivity contribution is 7.90. The van der Waals surface area contributed by atoms with Gasteiger partial charge in [-0.25, -0.2) is 22.9 Å². The minimum atomic E-state index is -4.45. The van der Waals surface area contributed by atoms with Gasteiger partial charge in [0, 0.05) is 24.1 Å². The van der Waals surface area contributed by atoms with E-state index in [9.17, 15) is 18.0 Å². The van der Waals surface area contributed by atoms with Gasteiger partial charge in [-0.15, -0.1) is 11.6 Å². The number of aromatic nitrogens is 2. The standard InChI is InChI=1S/C17H19Cl2N5O5S/c1-10-9-14(29-2)22-16(20-10)23-17(26)24-30(27,28)15-11(19)5-3-6-12(15)21-13(25)7-4-8-18/h3,5-6,9H,4,7-8H2,1-2H3,(H,21,25)(H2,20,22,23,24,26). The molecule has 0 saturated heterocycles. The van der Waals surface area contributed by atoms with Crippen LogP contribution in [-0.2, 0) is 14.8 Å². The number of methoxy groups -OCH3 is 1. The molecule has 10 nitrogen and oxygen atoms in total. The Morgan fingerprint density at radius 3 is 2.60 bits per heavy atom. The first-order valence-corrected chi connectivity index (χ1v) is 10.9. The molecule has 2 rings (SSSR count). The molecule has 0 aliphatic heterocycles. The number of ether oxygens (including phenoxy) is 1. The molecule has 0 aliphatic rings. The number of amides is 3. The minimum Gasteiger partial charge on any atom is -0.481 e. The van der Waals surface area contributed by atoms with E-state index in [0.29, 0.717) is 12.1 Å². The number of alkyl halides is 1. The van der Waals surface area contributed by atoms with Crippen molar-refractivity contribution < 1.29 is 22.7 Å². The Hall–Kier alpha value is -2.63. The topological polar surface area (TPSA) is 139 Å². The Morgan fingerprint density at radius 1 is 1.20 bits per heavy atom. The van der Waals surface area contributed by atoms with Crippen LogP contribution in [0.1, 0.15) is 18.5 Å². The van der Waals surface area contributed by atoms with Crippen LogP contribution in [0.2, 0.25) is 5.02 Å². The number of nitrogens with zero attached hydrogens (tertiary/aromatic N) is 2. The van der Waals surface area contributed by atoms with E-state index in [1.807, 2.05) is 4.72 Å². The first kappa shape index (κ1) is 23.6. The second-order valence-corrected chi connectivity index (χ2v) is 8.30. The number of nitrogens with one attached hydrogen (secondary N) is 3. The molecule has 162 valence electrons. The molecule has 1 heterocycles. The van der Waals surface area contributed by atoms with Crippen LogP contribution in [0.4, 0.5) is 16.4 Å². The normalized spacial score (nSPS) is 10.9.